The Hall–Kier alpha value is -3.55. The fourth-order valence-electron chi connectivity index (χ4n) is 3.05. The summed E-state index contributed by atoms with van der Waals surface area (Å²) in [5, 5.41) is 4.12. The van der Waals surface area contributed by atoms with Crippen LogP contribution in [0.4, 0.5) is 0 Å². The first kappa shape index (κ1) is 20.2. The molecule has 1 amide bonds. The molecule has 2 aromatic carbocycles. The summed E-state index contributed by atoms with van der Waals surface area (Å²) < 4.78 is 17.7. The average Bonchev–Trinajstić information content (AvgIpc) is 3.31. The Balaban J connectivity index is 1.84. The number of methoxy groups -OCH3 is 3. The Morgan fingerprint density at radius 3 is 2.14 bits per heavy atom. The number of aromatic nitrogens is 3. The maximum absolute atomic E-state index is 13.1. The van der Waals surface area contributed by atoms with Crippen LogP contribution in [0.1, 0.15) is 28.9 Å². The van der Waals surface area contributed by atoms with Crippen molar-refractivity contribution in [3.8, 4) is 22.9 Å². The lowest BCUT2D eigenvalue weighted by molar-refractivity contribution is 0.0741. The first-order chi connectivity index (χ1) is 14.0. The zero-order valence-corrected chi connectivity index (χ0v) is 17.1. The van der Waals surface area contributed by atoms with Gasteiger partial charge in [0.05, 0.1) is 33.1 Å². The summed E-state index contributed by atoms with van der Waals surface area (Å²) in [5.74, 6) is 1.17. The van der Waals surface area contributed by atoms with Crippen LogP contribution in [0.2, 0.25) is 0 Å². The SMILES string of the molecule is COc1cc(C(=O)N(C)[C@@H](C)c2ccc(-n3cncn3)cc2)cc(OC)c1OC. The third-order valence-corrected chi connectivity index (χ3v) is 4.87. The molecule has 3 rings (SSSR count). The predicted octanol–water partition coefficient (Wildman–Crippen LogP) is 3.13. The van der Waals surface area contributed by atoms with Crippen LogP contribution in [-0.2, 0) is 0 Å². The second kappa shape index (κ2) is 8.64. The van der Waals surface area contributed by atoms with E-state index in [1.54, 1.807) is 35.1 Å². The molecule has 0 aliphatic rings. The first-order valence-corrected chi connectivity index (χ1v) is 9.02. The third-order valence-electron chi connectivity index (χ3n) is 4.87. The van der Waals surface area contributed by atoms with Gasteiger partial charge in [-0.2, -0.15) is 5.10 Å². The Labute approximate surface area is 169 Å². The molecule has 0 bridgehead atoms. The van der Waals surface area contributed by atoms with E-state index in [-0.39, 0.29) is 11.9 Å². The molecule has 1 atom stereocenters. The summed E-state index contributed by atoms with van der Waals surface area (Å²) in [7, 11) is 6.34. The van der Waals surface area contributed by atoms with Crippen LogP contribution >= 0.6 is 0 Å². The number of hydrogen-bond donors (Lipinski definition) is 0. The van der Waals surface area contributed by atoms with Gasteiger partial charge in [-0.1, -0.05) is 12.1 Å². The number of hydrogen-bond acceptors (Lipinski definition) is 6. The first-order valence-electron chi connectivity index (χ1n) is 9.02. The van der Waals surface area contributed by atoms with E-state index in [4.69, 9.17) is 14.2 Å². The summed E-state index contributed by atoms with van der Waals surface area (Å²) >= 11 is 0. The molecule has 8 nitrogen and oxygen atoms in total. The van der Waals surface area contributed by atoms with Gasteiger partial charge in [0.25, 0.3) is 5.91 Å². The summed E-state index contributed by atoms with van der Waals surface area (Å²) in [6.07, 6.45) is 3.12. The fraction of sp³-hybridized carbons (Fsp3) is 0.286. The number of ether oxygens (including phenoxy) is 3. The quantitative estimate of drug-likeness (QED) is 0.611. The Morgan fingerprint density at radius 2 is 1.66 bits per heavy atom. The van der Waals surface area contributed by atoms with Crippen molar-refractivity contribution in [2.75, 3.05) is 28.4 Å². The summed E-state index contributed by atoms with van der Waals surface area (Å²) in [6.45, 7) is 1.97. The van der Waals surface area contributed by atoms with Crippen LogP contribution in [0, 0.1) is 0 Å². The smallest absolute Gasteiger partial charge is 0.254 e. The van der Waals surface area contributed by atoms with Gasteiger partial charge in [-0.25, -0.2) is 9.67 Å². The van der Waals surface area contributed by atoms with Gasteiger partial charge in [0, 0.05) is 12.6 Å². The minimum atomic E-state index is -0.155. The Kier molecular flexibility index (Phi) is 6.01. The molecule has 29 heavy (non-hydrogen) atoms. The lowest BCUT2D eigenvalue weighted by atomic mass is 10.1. The molecule has 0 fully saturated rings. The fourth-order valence-corrected chi connectivity index (χ4v) is 3.05. The number of amides is 1. The molecule has 0 spiro atoms. The van der Waals surface area contributed by atoms with Crippen molar-refractivity contribution >= 4 is 5.91 Å². The lowest BCUT2D eigenvalue weighted by Crippen LogP contribution is -2.29. The van der Waals surface area contributed by atoms with E-state index in [1.165, 1.54) is 27.7 Å². The van der Waals surface area contributed by atoms with Crippen LogP contribution in [0.15, 0.2) is 49.1 Å². The molecular formula is C21H24N4O4. The van der Waals surface area contributed by atoms with Gasteiger partial charge >= 0.3 is 0 Å². The number of rotatable bonds is 7. The van der Waals surface area contributed by atoms with Crippen molar-refractivity contribution in [1.82, 2.24) is 19.7 Å². The highest BCUT2D eigenvalue weighted by atomic mass is 16.5. The van der Waals surface area contributed by atoms with Crippen molar-refractivity contribution in [2.24, 2.45) is 0 Å². The van der Waals surface area contributed by atoms with E-state index >= 15 is 0 Å². The highest BCUT2D eigenvalue weighted by molar-refractivity contribution is 5.95. The topological polar surface area (TPSA) is 78.7 Å². The molecule has 152 valence electrons. The van der Waals surface area contributed by atoms with E-state index in [0.717, 1.165) is 11.3 Å². The summed E-state index contributed by atoms with van der Waals surface area (Å²) in [4.78, 5) is 18.7. The normalized spacial score (nSPS) is 11.6. The molecule has 8 heteroatoms. The second-order valence-corrected chi connectivity index (χ2v) is 6.44. The van der Waals surface area contributed by atoms with E-state index in [0.29, 0.717) is 22.8 Å². The minimum absolute atomic E-state index is 0.147. The molecule has 0 aliphatic heterocycles. The molecule has 3 aromatic rings. The summed E-state index contributed by atoms with van der Waals surface area (Å²) in [6, 6.07) is 11.0. The van der Waals surface area contributed by atoms with Gasteiger partial charge in [-0.3, -0.25) is 4.79 Å². The molecular weight excluding hydrogens is 372 g/mol. The van der Waals surface area contributed by atoms with Gasteiger partial charge in [0.1, 0.15) is 12.7 Å². The van der Waals surface area contributed by atoms with Gasteiger partial charge in [-0.05, 0) is 36.8 Å². The van der Waals surface area contributed by atoms with E-state index < -0.39 is 0 Å². The molecule has 0 saturated carbocycles. The third kappa shape index (κ3) is 4.01. The van der Waals surface area contributed by atoms with Crippen LogP contribution in [0.25, 0.3) is 5.69 Å². The second-order valence-electron chi connectivity index (χ2n) is 6.44. The molecule has 1 heterocycles. The van der Waals surface area contributed by atoms with Crippen LogP contribution < -0.4 is 14.2 Å². The predicted molar refractivity (Wildman–Crippen MR) is 108 cm³/mol. The van der Waals surface area contributed by atoms with Crippen molar-refractivity contribution in [1.29, 1.82) is 0 Å². The van der Waals surface area contributed by atoms with Crippen LogP contribution in [-0.4, -0.2) is 53.9 Å². The Bertz CT molecular complexity index is 946. The maximum Gasteiger partial charge on any atom is 0.254 e. The minimum Gasteiger partial charge on any atom is -0.493 e. The monoisotopic (exact) mass is 396 g/mol. The van der Waals surface area contributed by atoms with Crippen LogP contribution in [0.3, 0.4) is 0 Å². The van der Waals surface area contributed by atoms with Crippen molar-refractivity contribution in [3.05, 3.63) is 60.2 Å². The number of carbonyl (C=O) groups is 1. The van der Waals surface area contributed by atoms with Crippen molar-refractivity contribution in [2.45, 2.75) is 13.0 Å². The number of nitrogens with zero attached hydrogens (tertiary/aromatic N) is 4. The summed E-state index contributed by atoms with van der Waals surface area (Å²) in [5.41, 5.74) is 2.35. The van der Waals surface area contributed by atoms with E-state index in [1.807, 2.05) is 31.2 Å². The average molecular weight is 396 g/mol. The molecule has 0 unspecified atom stereocenters. The van der Waals surface area contributed by atoms with Crippen molar-refractivity contribution < 1.29 is 19.0 Å². The van der Waals surface area contributed by atoms with Gasteiger partial charge in [0.15, 0.2) is 11.5 Å². The van der Waals surface area contributed by atoms with Gasteiger partial charge in [-0.15, -0.1) is 0 Å². The lowest BCUT2D eigenvalue weighted by Gasteiger charge is -2.26. The Morgan fingerprint density at radius 1 is 1.03 bits per heavy atom. The highest BCUT2D eigenvalue weighted by Gasteiger charge is 2.23. The van der Waals surface area contributed by atoms with Gasteiger partial charge in [0.2, 0.25) is 5.75 Å². The highest BCUT2D eigenvalue weighted by Crippen LogP contribution is 2.38. The van der Waals surface area contributed by atoms with Gasteiger partial charge < -0.3 is 19.1 Å². The molecule has 0 saturated heterocycles. The molecule has 0 aliphatic carbocycles. The maximum atomic E-state index is 13.1. The zero-order chi connectivity index (χ0) is 21.0. The molecule has 0 N–H and O–H groups in total. The van der Waals surface area contributed by atoms with Crippen LogP contribution in [0.5, 0.6) is 17.2 Å². The van der Waals surface area contributed by atoms with Crippen molar-refractivity contribution in [3.63, 3.8) is 0 Å². The van der Waals surface area contributed by atoms with E-state index in [2.05, 4.69) is 10.1 Å². The standard InChI is InChI=1S/C21H24N4O4/c1-14(15-6-8-17(9-7-15)25-13-22-12-23-25)24(2)21(26)16-10-18(27-3)20(29-5)19(11-16)28-4/h6-14H,1-5H3/t14-/m0/s1. The zero-order valence-electron chi connectivity index (χ0n) is 17.1. The molecule has 1 aromatic heterocycles. The van der Waals surface area contributed by atoms with E-state index in [9.17, 15) is 4.79 Å². The molecule has 0 radical (unpaired) electrons. The number of carbonyl (C=O) groups excluding carboxylic acids is 1. The largest absolute Gasteiger partial charge is 0.493 e. The number of benzene rings is 2.